The Morgan fingerprint density at radius 3 is 2.70 bits per heavy atom. The summed E-state index contributed by atoms with van der Waals surface area (Å²) < 4.78 is 27.3. The van der Waals surface area contributed by atoms with E-state index in [4.69, 9.17) is 11.0 Å². The van der Waals surface area contributed by atoms with Gasteiger partial charge >= 0.3 is 6.03 Å². The topological polar surface area (TPSA) is 100 Å². The van der Waals surface area contributed by atoms with Gasteiger partial charge in [-0.05, 0) is 11.6 Å². The summed E-state index contributed by atoms with van der Waals surface area (Å²) in [7, 11) is 0. The SMILES string of the molecule is N#CN(C(N)=O)C(=O)CCC(F)(F)Cc1cccnc1. The smallest absolute Gasteiger partial charge is 0.335 e. The number of primary amides is 1. The van der Waals surface area contributed by atoms with Gasteiger partial charge in [0.2, 0.25) is 5.91 Å². The molecule has 20 heavy (non-hydrogen) atoms. The standard InChI is InChI=1S/C12H12F2N4O2/c13-12(14,6-9-2-1-5-17-7-9)4-3-10(19)18(8-15)11(16)20/h1-2,5,7H,3-4,6H2,(H2,16,20). The molecule has 1 aromatic rings. The van der Waals surface area contributed by atoms with E-state index >= 15 is 0 Å². The number of hydrogen-bond acceptors (Lipinski definition) is 4. The van der Waals surface area contributed by atoms with Crippen LogP contribution in [-0.2, 0) is 11.2 Å². The number of aromatic nitrogens is 1. The number of urea groups is 1. The number of carbonyl (C=O) groups excluding carboxylic acids is 2. The van der Waals surface area contributed by atoms with E-state index in [9.17, 15) is 18.4 Å². The van der Waals surface area contributed by atoms with Gasteiger partial charge < -0.3 is 5.73 Å². The van der Waals surface area contributed by atoms with Crippen molar-refractivity contribution in [3.05, 3.63) is 30.1 Å². The van der Waals surface area contributed by atoms with Crippen LogP contribution in [0.1, 0.15) is 18.4 Å². The minimum atomic E-state index is -3.14. The predicted octanol–water partition coefficient (Wildman–Crippen LogP) is 1.43. The van der Waals surface area contributed by atoms with Gasteiger partial charge in [-0.15, -0.1) is 0 Å². The first-order chi connectivity index (χ1) is 9.35. The number of alkyl halides is 2. The molecule has 0 aliphatic carbocycles. The number of carbonyl (C=O) groups is 2. The molecule has 0 bridgehead atoms. The molecule has 0 aliphatic heterocycles. The number of imide groups is 1. The molecule has 8 heteroatoms. The lowest BCUT2D eigenvalue weighted by atomic mass is 10.0. The lowest BCUT2D eigenvalue weighted by Crippen LogP contribution is -2.37. The average Bonchev–Trinajstić information content (AvgIpc) is 2.37. The minimum Gasteiger partial charge on any atom is -0.350 e. The van der Waals surface area contributed by atoms with Crippen molar-refractivity contribution < 1.29 is 18.4 Å². The van der Waals surface area contributed by atoms with Gasteiger partial charge in [0, 0.05) is 31.7 Å². The summed E-state index contributed by atoms with van der Waals surface area (Å²) >= 11 is 0. The molecule has 0 radical (unpaired) electrons. The van der Waals surface area contributed by atoms with Crippen molar-refractivity contribution in [2.24, 2.45) is 5.73 Å². The first-order valence-corrected chi connectivity index (χ1v) is 5.64. The third kappa shape index (κ3) is 4.61. The number of pyridine rings is 1. The fourth-order valence-corrected chi connectivity index (χ4v) is 1.52. The highest BCUT2D eigenvalue weighted by Crippen LogP contribution is 2.25. The van der Waals surface area contributed by atoms with Gasteiger partial charge in [-0.2, -0.15) is 10.2 Å². The molecule has 1 aromatic heterocycles. The molecule has 0 aromatic carbocycles. The van der Waals surface area contributed by atoms with Gasteiger partial charge in [0.25, 0.3) is 5.92 Å². The van der Waals surface area contributed by atoms with Crippen molar-refractivity contribution in [2.45, 2.75) is 25.2 Å². The molecule has 3 amide bonds. The van der Waals surface area contributed by atoms with E-state index in [2.05, 4.69) is 4.98 Å². The van der Waals surface area contributed by atoms with Crippen LogP contribution < -0.4 is 5.73 Å². The van der Waals surface area contributed by atoms with Crippen LogP contribution in [0.2, 0.25) is 0 Å². The number of nitriles is 1. The van der Waals surface area contributed by atoms with Crippen molar-refractivity contribution in [1.82, 2.24) is 9.88 Å². The van der Waals surface area contributed by atoms with Crippen LogP contribution in [0, 0.1) is 11.5 Å². The third-order valence-corrected chi connectivity index (χ3v) is 2.46. The van der Waals surface area contributed by atoms with E-state index in [1.807, 2.05) is 0 Å². The van der Waals surface area contributed by atoms with Gasteiger partial charge in [0.15, 0.2) is 6.19 Å². The molecule has 6 nitrogen and oxygen atoms in total. The van der Waals surface area contributed by atoms with Crippen molar-refractivity contribution in [3.63, 3.8) is 0 Å². The van der Waals surface area contributed by atoms with Crippen molar-refractivity contribution in [2.75, 3.05) is 0 Å². The van der Waals surface area contributed by atoms with E-state index in [0.717, 1.165) is 0 Å². The molecule has 0 spiro atoms. The van der Waals surface area contributed by atoms with Crippen LogP contribution >= 0.6 is 0 Å². The molecule has 0 atom stereocenters. The van der Waals surface area contributed by atoms with Gasteiger partial charge in [-0.1, -0.05) is 6.07 Å². The predicted molar refractivity (Wildman–Crippen MR) is 64.2 cm³/mol. The van der Waals surface area contributed by atoms with Crippen LogP contribution in [0.3, 0.4) is 0 Å². The first kappa shape index (κ1) is 15.5. The highest BCUT2D eigenvalue weighted by Gasteiger charge is 2.31. The quantitative estimate of drug-likeness (QED) is 0.652. The maximum absolute atomic E-state index is 13.6. The molecule has 2 N–H and O–H groups in total. The number of nitrogens with two attached hydrogens (primary N) is 1. The highest BCUT2D eigenvalue weighted by atomic mass is 19.3. The second kappa shape index (κ2) is 6.56. The summed E-state index contributed by atoms with van der Waals surface area (Å²) in [5, 5.41) is 8.49. The van der Waals surface area contributed by atoms with Crippen molar-refractivity contribution in [3.8, 4) is 6.19 Å². The fourth-order valence-electron chi connectivity index (χ4n) is 1.52. The summed E-state index contributed by atoms with van der Waals surface area (Å²) in [5.41, 5.74) is 5.09. The minimum absolute atomic E-state index is 0.0557. The van der Waals surface area contributed by atoms with Gasteiger partial charge in [0.05, 0.1) is 0 Å². The number of amides is 3. The Labute approximate surface area is 113 Å². The zero-order chi connectivity index (χ0) is 15.2. The van der Waals surface area contributed by atoms with Gasteiger partial charge in [-0.25, -0.2) is 13.6 Å². The molecule has 1 rings (SSSR count). The Hall–Kier alpha value is -2.56. The number of halogens is 2. The second-order valence-corrected chi connectivity index (χ2v) is 4.06. The molecular weight excluding hydrogens is 270 g/mol. The lowest BCUT2D eigenvalue weighted by Gasteiger charge is -2.16. The zero-order valence-electron chi connectivity index (χ0n) is 10.4. The van der Waals surface area contributed by atoms with E-state index < -0.39 is 37.1 Å². The largest absolute Gasteiger partial charge is 0.350 e. The maximum atomic E-state index is 13.6. The molecule has 1 heterocycles. The molecule has 106 valence electrons. The summed E-state index contributed by atoms with van der Waals surface area (Å²) in [6, 6.07) is 1.74. The number of nitrogens with zero attached hydrogens (tertiary/aromatic N) is 3. The molecule has 0 saturated carbocycles. The van der Waals surface area contributed by atoms with Crippen LogP contribution in [0.25, 0.3) is 0 Å². The summed E-state index contributed by atoms with van der Waals surface area (Å²) in [6.45, 7) is 0. The van der Waals surface area contributed by atoms with E-state index in [-0.39, 0.29) is 4.90 Å². The van der Waals surface area contributed by atoms with Gasteiger partial charge in [0.1, 0.15) is 0 Å². The Kier molecular flexibility index (Phi) is 5.08. The zero-order valence-corrected chi connectivity index (χ0v) is 10.4. The Morgan fingerprint density at radius 1 is 1.50 bits per heavy atom. The summed E-state index contributed by atoms with van der Waals surface area (Å²) in [6.07, 6.45) is 2.00. The molecule has 0 saturated heterocycles. The third-order valence-electron chi connectivity index (χ3n) is 2.46. The number of hydrogen-bond donors (Lipinski definition) is 1. The molecule has 0 fully saturated rings. The first-order valence-electron chi connectivity index (χ1n) is 5.64. The Morgan fingerprint density at radius 2 is 2.20 bits per heavy atom. The summed E-state index contributed by atoms with van der Waals surface area (Å²) in [4.78, 5) is 25.8. The summed E-state index contributed by atoms with van der Waals surface area (Å²) in [5.74, 6) is -4.19. The fraction of sp³-hybridized carbons (Fsp3) is 0.333. The van der Waals surface area contributed by atoms with E-state index in [0.29, 0.717) is 5.56 Å². The van der Waals surface area contributed by atoms with Crippen molar-refractivity contribution >= 4 is 11.9 Å². The lowest BCUT2D eigenvalue weighted by molar-refractivity contribution is -0.127. The highest BCUT2D eigenvalue weighted by molar-refractivity contribution is 5.95. The van der Waals surface area contributed by atoms with Crippen LogP contribution in [0.4, 0.5) is 13.6 Å². The van der Waals surface area contributed by atoms with E-state index in [1.54, 1.807) is 0 Å². The monoisotopic (exact) mass is 282 g/mol. The van der Waals surface area contributed by atoms with Crippen LogP contribution in [0.5, 0.6) is 0 Å². The Balaban J connectivity index is 2.57. The van der Waals surface area contributed by atoms with E-state index in [1.165, 1.54) is 30.7 Å². The Bertz CT molecular complexity index is 528. The normalized spacial score (nSPS) is 10.7. The number of rotatable bonds is 5. The molecule has 0 aliphatic rings. The molecular formula is C12H12F2N4O2. The molecule has 0 unspecified atom stereocenters. The van der Waals surface area contributed by atoms with Crippen molar-refractivity contribution in [1.29, 1.82) is 5.26 Å². The van der Waals surface area contributed by atoms with Crippen LogP contribution in [-0.4, -0.2) is 27.7 Å². The van der Waals surface area contributed by atoms with Crippen LogP contribution in [0.15, 0.2) is 24.5 Å². The van der Waals surface area contributed by atoms with Gasteiger partial charge in [-0.3, -0.25) is 9.78 Å². The average molecular weight is 282 g/mol. The second-order valence-electron chi connectivity index (χ2n) is 4.06. The maximum Gasteiger partial charge on any atom is 0.335 e.